The highest BCUT2D eigenvalue weighted by molar-refractivity contribution is 4.51. The quantitative estimate of drug-likeness (QED) is 0.109. The fraction of sp³-hybridized carbons (Fsp3) is 1.00. The Morgan fingerprint density at radius 3 is 0.833 bits per heavy atom. The van der Waals surface area contributed by atoms with E-state index in [0.717, 1.165) is 19.5 Å². The fourth-order valence-electron chi connectivity index (χ4n) is 4.46. The van der Waals surface area contributed by atoms with E-state index in [4.69, 9.17) is 0 Å². The van der Waals surface area contributed by atoms with Crippen LogP contribution in [-0.2, 0) is 0 Å². The van der Waals surface area contributed by atoms with Crippen LogP contribution in [0.3, 0.4) is 0 Å². The highest BCUT2D eigenvalue weighted by atomic mass is 16.5. The van der Waals surface area contributed by atoms with Gasteiger partial charge in [-0.1, -0.05) is 148 Å². The summed E-state index contributed by atoms with van der Waals surface area (Å²) in [4.78, 5) is 0. The van der Waals surface area contributed by atoms with Crippen molar-refractivity contribution < 1.29 is 5.06 Å². The molecule has 0 saturated carbocycles. The van der Waals surface area contributed by atoms with E-state index in [0.29, 0.717) is 5.06 Å². The summed E-state index contributed by atoms with van der Waals surface area (Å²) < 4.78 is 0. The normalized spacial score (nSPS) is 12.5. The van der Waals surface area contributed by atoms with Crippen LogP contribution >= 0.6 is 0 Å². The summed E-state index contributed by atoms with van der Waals surface area (Å²) in [5.74, 6) is 0. The zero-order valence-electron chi connectivity index (χ0n) is 21.3. The van der Waals surface area contributed by atoms with Gasteiger partial charge in [-0.15, -0.1) is 0 Å². The molecule has 2 nitrogen and oxygen atoms in total. The van der Waals surface area contributed by atoms with Crippen molar-refractivity contribution in [2.75, 3.05) is 13.1 Å². The van der Waals surface area contributed by atoms with Crippen LogP contribution in [0.5, 0.6) is 0 Å². The van der Waals surface area contributed by atoms with Crippen LogP contribution in [0.1, 0.15) is 168 Å². The third kappa shape index (κ3) is 26.0. The molecule has 0 aromatic heterocycles. The average molecular weight is 426 g/mol. The minimum Gasteiger partial charge on any atom is -0.634 e. The Hall–Kier alpha value is -0.0800. The lowest BCUT2D eigenvalue weighted by Gasteiger charge is -2.19. The molecule has 0 aromatic carbocycles. The third-order valence-corrected chi connectivity index (χ3v) is 6.70. The number of nitrogens with one attached hydrogen (secondary N) is 1. The molecule has 1 unspecified atom stereocenters. The van der Waals surface area contributed by atoms with Gasteiger partial charge in [0.2, 0.25) is 0 Å². The average Bonchev–Trinajstić information content (AvgIpc) is 2.76. The molecule has 0 aromatic rings. The van der Waals surface area contributed by atoms with Crippen LogP contribution < -0.4 is 5.06 Å². The summed E-state index contributed by atoms with van der Waals surface area (Å²) in [6, 6.07) is 0. The molecule has 0 aliphatic carbocycles. The molecule has 0 saturated heterocycles. The maximum Gasteiger partial charge on any atom is 0.0768 e. The minimum absolute atomic E-state index is 0.439. The molecule has 0 aliphatic heterocycles. The SMILES string of the molecule is CCCCCCCCCCCCCCCCCCCCCCCCCC[NH+]([O-])CC. The van der Waals surface area contributed by atoms with Gasteiger partial charge in [0.1, 0.15) is 0 Å². The number of hydrogen-bond donors (Lipinski definition) is 1. The van der Waals surface area contributed by atoms with Crippen LogP contribution in [0.2, 0.25) is 0 Å². The molecule has 30 heavy (non-hydrogen) atoms. The molecule has 0 aliphatic rings. The fourth-order valence-corrected chi connectivity index (χ4v) is 4.46. The van der Waals surface area contributed by atoms with Gasteiger partial charge in [0.15, 0.2) is 0 Å². The Balaban J connectivity index is 3.00. The van der Waals surface area contributed by atoms with Gasteiger partial charge in [-0.25, -0.2) is 0 Å². The van der Waals surface area contributed by atoms with E-state index >= 15 is 0 Å². The van der Waals surface area contributed by atoms with Gasteiger partial charge in [-0.3, -0.25) is 0 Å². The van der Waals surface area contributed by atoms with Gasteiger partial charge in [0.25, 0.3) is 0 Å². The van der Waals surface area contributed by atoms with Crippen LogP contribution in [-0.4, -0.2) is 13.1 Å². The van der Waals surface area contributed by atoms with Gasteiger partial charge >= 0.3 is 0 Å². The molecule has 0 spiro atoms. The molecule has 0 bridgehead atoms. The predicted molar refractivity (Wildman–Crippen MR) is 136 cm³/mol. The number of unbranched alkanes of at least 4 members (excludes halogenated alkanes) is 23. The Bertz CT molecular complexity index is 294. The molecular formula is C28H59NO. The van der Waals surface area contributed by atoms with Crippen molar-refractivity contribution in [2.24, 2.45) is 0 Å². The van der Waals surface area contributed by atoms with E-state index in [1.807, 2.05) is 6.92 Å². The number of rotatable bonds is 26. The number of hydrogen-bond acceptors (Lipinski definition) is 1. The third-order valence-electron chi connectivity index (χ3n) is 6.70. The first kappa shape index (κ1) is 29.9. The monoisotopic (exact) mass is 425 g/mol. The summed E-state index contributed by atoms with van der Waals surface area (Å²) in [5.41, 5.74) is 0. The summed E-state index contributed by atoms with van der Waals surface area (Å²) in [6.45, 7) is 5.81. The van der Waals surface area contributed by atoms with Crippen LogP contribution in [0.4, 0.5) is 0 Å². The van der Waals surface area contributed by atoms with E-state index in [1.165, 1.54) is 148 Å². The number of quaternary nitrogens is 1. The molecule has 0 fully saturated rings. The molecule has 0 radical (unpaired) electrons. The zero-order valence-corrected chi connectivity index (χ0v) is 21.3. The topological polar surface area (TPSA) is 27.5 Å². The molecule has 1 N–H and O–H groups in total. The summed E-state index contributed by atoms with van der Waals surface area (Å²) in [6.07, 6.45) is 34.2. The molecular weight excluding hydrogens is 366 g/mol. The van der Waals surface area contributed by atoms with Crippen molar-refractivity contribution in [1.82, 2.24) is 0 Å². The molecule has 0 amide bonds. The van der Waals surface area contributed by atoms with Crippen LogP contribution in [0, 0.1) is 5.21 Å². The first-order valence-electron chi connectivity index (χ1n) is 14.3. The van der Waals surface area contributed by atoms with Gasteiger partial charge in [0.05, 0.1) is 13.1 Å². The van der Waals surface area contributed by atoms with Gasteiger partial charge in [0, 0.05) is 0 Å². The largest absolute Gasteiger partial charge is 0.634 e. The summed E-state index contributed by atoms with van der Waals surface area (Å²) >= 11 is 0. The van der Waals surface area contributed by atoms with Crippen molar-refractivity contribution in [2.45, 2.75) is 168 Å². The number of hydroxylamine groups is 2. The molecule has 1 atom stereocenters. The smallest absolute Gasteiger partial charge is 0.0768 e. The van der Waals surface area contributed by atoms with E-state index in [1.54, 1.807) is 0 Å². The van der Waals surface area contributed by atoms with E-state index < -0.39 is 0 Å². The van der Waals surface area contributed by atoms with E-state index in [-0.39, 0.29) is 0 Å². The van der Waals surface area contributed by atoms with Crippen molar-refractivity contribution in [3.05, 3.63) is 5.21 Å². The zero-order chi connectivity index (χ0) is 22.0. The maximum atomic E-state index is 11.2. The van der Waals surface area contributed by atoms with Crippen molar-refractivity contribution in [3.8, 4) is 0 Å². The van der Waals surface area contributed by atoms with E-state index in [2.05, 4.69) is 6.92 Å². The minimum atomic E-state index is 0.439. The van der Waals surface area contributed by atoms with Crippen LogP contribution in [0.25, 0.3) is 0 Å². The lowest BCUT2D eigenvalue weighted by molar-refractivity contribution is -0.846. The lowest BCUT2D eigenvalue weighted by Crippen LogP contribution is -3.06. The Kier molecular flexibility index (Phi) is 26.9. The van der Waals surface area contributed by atoms with E-state index in [9.17, 15) is 5.21 Å². The lowest BCUT2D eigenvalue weighted by atomic mass is 10.0. The summed E-state index contributed by atoms with van der Waals surface area (Å²) in [7, 11) is 0. The summed E-state index contributed by atoms with van der Waals surface area (Å²) in [5, 5.41) is 11.7. The van der Waals surface area contributed by atoms with Crippen molar-refractivity contribution >= 4 is 0 Å². The standard InChI is InChI=1S/C28H59NO/c1-3-5-6-7-8-9-10-11-12-13-14-15-16-17-18-19-20-21-22-23-24-25-26-27-28-29(30)4-2/h29H,3-28H2,1-2H3. The second-order valence-electron chi connectivity index (χ2n) is 9.77. The first-order chi connectivity index (χ1) is 14.8. The second-order valence-corrected chi connectivity index (χ2v) is 9.77. The van der Waals surface area contributed by atoms with Gasteiger partial charge in [-0.2, -0.15) is 0 Å². The maximum absolute atomic E-state index is 11.2. The molecule has 182 valence electrons. The van der Waals surface area contributed by atoms with Crippen LogP contribution in [0.15, 0.2) is 0 Å². The van der Waals surface area contributed by atoms with Gasteiger partial charge in [-0.05, 0) is 19.8 Å². The molecule has 2 heteroatoms. The van der Waals surface area contributed by atoms with Gasteiger partial charge < -0.3 is 10.3 Å². The Labute approximate surface area is 191 Å². The molecule has 0 heterocycles. The molecule has 0 rings (SSSR count). The predicted octanol–water partition coefficient (Wildman–Crippen LogP) is 8.77. The highest BCUT2D eigenvalue weighted by Crippen LogP contribution is 2.15. The van der Waals surface area contributed by atoms with Crippen molar-refractivity contribution in [1.29, 1.82) is 0 Å². The Morgan fingerprint density at radius 2 is 0.600 bits per heavy atom. The first-order valence-corrected chi connectivity index (χ1v) is 14.3. The second kappa shape index (κ2) is 27.0. The van der Waals surface area contributed by atoms with Crippen molar-refractivity contribution in [3.63, 3.8) is 0 Å². The highest BCUT2D eigenvalue weighted by Gasteiger charge is 1.97. The Morgan fingerprint density at radius 1 is 0.367 bits per heavy atom.